The van der Waals surface area contributed by atoms with E-state index in [1.165, 1.54) is 33.8 Å². The van der Waals surface area contributed by atoms with Crippen LogP contribution in [0.25, 0.3) is 11.3 Å². The molecule has 2 aromatic rings. The molecule has 0 fully saturated rings. The zero-order chi connectivity index (χ0) is 16.7. The van der Waals surface area contributed by atoms with Crippen molar-refractivity contribution in [3.63, 3.8) is 0 Å². The number of benzene rings is 1. The highest BCUT2D eigenvalue weighted by Gasteiger charge is 2.30. The standard InChI is InChI=1S/C20H26N3/c1-14-10-11-15(2)20(16(14)3)18-8-7-9-19(22(18)6)23-13-12-21(5)17(23)4/h7-13,17H,1-6H3/q+1/t17-/m1/s1. The third kappa shape index (κ3) is 2.50. The molecule has 0 saturated heterocycles. The van der Waals surface area contributed by atoms with Gasteiger partial charge in [0.25, 0.3) is 5.82 Å². The van der Waals surface area contributed by atoms with E-state index in [0.29, 0.717) is 6.17 Å². The molecule has 0 saturated carbocycles. The SMILES string of the molecule is Cc1ccc(C)c(-c2cccc(N3C=CN(C)[C@H]3C)[n+]2C)c1C. The maximum absolute atomic E-state index is 2.31. The van der Waals surface area contributed by atoms with Gasteiger partial charge in [0.2, 0.25) is 0 Å². The maximum Gasteiger partial charge on any atom is 0.283 e. The first-order chi connectivity index (χ1) is 10.9. The van der Waals surface area contributed by atoms with Crippen molar-refractivity contribution < 1.29 is 4.57 Å². The molecule has 0 spiro atoms. The van der Waals surface area contributed by atoms with Crippen LogP contribution in [0.5, 0.6) is 0 Å². The van der Waals surface area contributed by atoms with E-state index in [4.69, 9.17) is 0 Å². The zero-order valence-corrected chi connectivity index (χ0v) is 15.0. The van der Waals surface area contributed by atoms with Gasteiger partial charge in [-0.3, -0.25) is 0 Å². The van der Waals surface area contributed by atoms with E-state index >= 15 is 0 Å². The Labute approximate surface area is 139 Å². The summed E-state index contributed by atoms with van der Waals surface area (Å²) in [5, 5.41) is 0. The van der Waals surface area contributed by atoms with Crippen LogP contribution in [0.3, 0.4) is 0 Å². The lowest BCUT2D eigenvalue weighted by Gasteiger charge is -2.22. The van der Waals surface area contributed by atoms with Crippen LogP contribution in [-0.2, 0) is 7.05 Å². The summed E-state index contributed by atoms with van der Waals surface area (Å²) in [5.74, 6) is 1.20. The first-order valence-electron chi connectivity index (χ1n) is 8.16. The number of aromatic nitrogens is 1. The lowest BCUT2D eigenvalue weighted by Crippen LogP contribution is -2.43. The van der Waals surface area contributed by atoms with Gasteiger partial charge in [-0.05, 0) is 56.5 Å². The van der Waals surface area contributed by atoms with E-state index in [-0.39, 0.29) is 0 Å². The molecule has 3 nitrogen and oxygen atoms in total. The van der Waals surface area contributed by atoms with Crippen molar-refractivity contribution >= 4 is 5.82 Å². The first-order valence-corrected chi connectivity index (χ1v) is 8.16. The van der Waals surface area contributed by atoms with E-state index in [9.17, 15) is 0 Å². The third-order valence-electron chi connectivity index (χ3n) is 5.12. The van der Waals surface area contributed by atoms with Crippen LogP contribution in [0, 0.1) is 20.8 Å². The molecule has 0 unspecified atom stereocenters. The largest absolute Gasteiger partial charge is 0.339 e. The van der Waals surface area contributed by atoms with Gasteiger partial charge in [-0.15, -0.1) is 0 Å². The number of hydrogen-bond donors (Lipinski definition) is 0. The predicted molar refractivity (Wildman–Crippen MR) is 96.1 cm³/mol. The van der Waals surface area contributed by atoms with Gasteiger partial charge in [-0.1, -0.05) is 12.1 Å². The molecule has 1 aliphatic rings. The monoisotopic (exact) mass is 308 g/mol. The number of nitrogens with zero attached hydrogens (tertiary/aromatic N) is 3. The molecule has 0 radical (unpaired) electrons. The molecule has 0 aliphatic carbocycles. The van der Waals surface area contributed by atoms with Gasteiger partial charge in [-0.2, -0.15) is 0 Å². The molecule has 1 aromatic heterocycles. The van der Waals surface area contributed by atoms with Crippen LogP contribution >= 0.6 is 0 Å². The van der Waals surface area contributed by atoms with Crippen LogP contribution in [0.2, 0.25) is 0 Å². The molecule has 120 valence electrons. The fourth-order valence-corrected chi connectivity index (χ4v) is 3.32. The van der Waals surface area contributed by atoms with Crippen molar-refractivity contribution in [1.82, 2.24) is 4.90 Å². The van der Waals surface area contributed by atoms with Crippen LogP contribution < -0.4 is 9.47 Å². The molecule has 3 heteroatoms. The molecule has 23 heavy (non-hydrogen) atoms. The van der Waals surface area contributed by atoms with E-state index in [1.807, 2.05) is 0 Å². The van der Waals surface area contributed by atoms with Gasteiger partial charge in [-0.25, -0.2) is 9.47 Å². The Balaban J connectivity index is 2.16. The minimum atomic E-state index is 0.330. The molecule has 0 amide bonds. The van der Waals surface area contributed by atoms with E-state index < -0.39 is 0 Å². The van der Waals surface area contributed by atoms with Crippen molar-refractivity contribution in [1.29, 1.82) is 0 Å². The van der Waals surface area contributed by atoms with Crippen LogP contribution in [-0.4, -0.2) is 18.1 Å². The Kier molecular flexibility index (Phi) is 3.88. The molecule has 0 N–H and O–H groups in total. The molecule has 3 rings (SSSR count). The third-order valence-corrected chi connectivity index (χ3v) is 5.12. The second-order valence-electron chi connectivity index (χ2n) is 6.53. The lowest BCUT2D eigenvalue weighted by molar-refractivity contribution is -0.647. The number of anilines is 1. The van der Waals surface area contributed by atoms with Gasteiger partial charge in [0.15, 0.2) is 6.17 Å². The average Bonchev–Trinajstić information content (AvgIpc) is 2.85. The number of hydrogen-bond acceptors (Lipinski definition) is 2. The van der Waals surface area contributed by atoms with Gasteiger partial charge in [0.05, 0.1) is 7.05 Å². The summed E-state index contributed by atoms with van der Waals surface area (Å²) in [4.78, 5) is 4.53. The Bertz CT molecular complexity index is 777. The van der Waals surface area contributed by atoms with Crippen molar-refractivity contribution in [2.75, 3.05) is 11.9 Å². The molecule has 1 aliphatic heterocycles. The van der Waals surface area contributed by atoms with E-state index in [0.717, 1.165) is 0 Å². The summed E-state index contributed by atoms with van der Waals surface area (Å²) in [6, 6.07) is 11.0. The fourth-order valence-electron chi connectivity index (χ4n) is 3.32. The molecular weight excluding hydrogens is 282 g/mol. The Morgan fingerprint density at radius 2 is 1.65 bits per heavy atom. The summed E-state index contributed by atoms with van der Waals surface area (Å²) in [7, 11) is 4.27. The van der Waals surface area contributed by atoms with Gasteiger partial charge in [0.1, 0.15) is 11.9 Å². The van der Waals surface area contributed by atoms with Crippen LogP contribution in [0.4, 0.5) is 5.82 Å². The second-order valence-corrected chi connectivity index (χ2v) is 6.53. The van der Waals surface area contributed by atoms with E-state index in [2.05, 4.69) is 98.9 Å². The summed E-state index contributed by atoms with van der Waals surface area (Å²) in [6.45, 7) is 8.81. The summed E-state index contributed by atoms with van der Waals surface area (Å²) >= 11 is 0. The Hall–Kier alpha value is -2.29. The van der Waals surface area contributed by atoms with Crippen LogP contribution in [0.15, 0.2) is 42.7 Å². The molecule has 0 bridgehead atoms. The fraction of sp³-hybridized carbons (Fsp3) is 0.350. The zero-order valence-electron chi connectivity index (χ0n) is 15.0. The van der Waals surface area contributed by atoms with Gasteiger partial charge in [0, 0.05) is 24.9 Å². The normalized spacial score (nSPS) is 17.2. The molecule has 1 atom stereocenters. The summed E-state index contributed by atoms with van der Waals surface area (Å²) < 4.78 is 2.30. The first kappa shape index (κ1) is 15.6. The van der Waals surface area contributed by atoms with Gasteiger partial charge >= 0.3 is 0 Å². The molecular formula is C20H26N3+. The quantitative estimate of drug-likeness (QED) is 0.784. The predicted octanol–water partition coefficient (Wildman–Crippen LogP) is 3.67. The number of aryl methyl sites for hydroxylation is 2. The van der Waals surface area contributed by atoms with Crippen molar-refractivity contribution in [2.24, 2.45) is 7.05 Å². The number of pyridine rings is 1. The highest BCUT2D eigenvalue weighted by molar-refractivity contribution is 5.67. The van der Waals surface area contributed by atoms with E-state index in [1.54, 1.807) is 0 Å². The smallest absolute Gasteiger partial charge is 0.283 e. The Morgan fingerprint density at radius 3 is 2.30 bits per heavy atom. The maximum atomic E-state index is 2.31. The highest BCUT2D eigenvalue weighted by Crippen LogP contribution is 2.29. The minimum Gasteiger partial charge on any atom is -0.339 e. The second kappa shape index (κ2) is 5.73. The number of rotatable bonds is 2. The molecule has 2 heterocycles. The van der Waals surface area contributed by atoms with Crippen LogP contribution in [0.1, 0.15) is 23.6 Å². The summed E-state index contributed by atoms with van der Waals surface area (Å²) in [5.41, 5.74) is 6.63. The topological polar surface area (TPSA) is 10.4 Å². The summed E-state index contributed by atoms with van der Waals surface area (Å²) in [6.07, 6.45) is 4.61. The minimum absolute atomic E-state index is 0.330. The van der Waals surface area contributed by atoms with Gasteiger partial charge < -0.3 is 4.90 Å². The average molecular weight is 308 g/mol. The molecule has 1 aromatic carbocycles. The highest BCUT2D eigenvalue weighted by atomic mass is 15.4. The van der Waals surface area contributed by atoms with Crippen molar-refractivity contribution in [2.45, 2.75) is 33.9 Å². The Morgan fingerprint density at radius 1 is 0.957 bits per heavy atom. The lowest BCUT2D eigenvalue weighted by atomic mass is 9.95. The van der Waals surface area contributed by atoms with Crippen molar-refractivity contribution in [3.8, 4) is 11.3 Å². The van der Waals surface area contributed by atoms with Crippen molar-refractivity contribution in [3.05, 3.63) is 59.4 Å².